The largest absolute Gasteiger partial charge is 0.504 e. The molecule has 0 radical (unpaired) electrons. The van der Waals surface area contributed by atoms with E-state index in [1.165, 1.54) is 6.07 Å². The maximum absolute atomic E-state index is 11.4. The first-order valence-electron chi connectivity index (χ1n) is 4.67. The number of benzene rings is 1. The van der Waals surface area contributed by atoms with Gasteiger partial charge in [-0.2, -0.15) is 0 Å². The summed E-state index contributed by atoms with van der Waals surface area (Å²) in [5.74, 6) is -0.203. The first kappa shape index (κ1) is 9.46. The van der Waals surface area contributed by atoms with Gasteiger partial charge in [0.1, 0.15) is 0 Å². The van der Waals surface area contributed by atoms with Crippen LogP contribution in [0.25, 0.3) is 11.1 Å². The van der Waals surface area contributed by atoms with Crippen molar-refractivity contribution in [3.05, 3.63) is 64.8 Å². The van der Waals surface area contributed by atoms with E-state index >= 15 is 0 Å². The minimum atomic E-state index is -0.362. The topological polar surface area (TPSA) is 37.3 Å². The van der Waals surface area contributed by atoms with Gasteiger partial charge in [-0.15, -0.1) is 0 Å². The Kier molecular flexibility index (Phi) is 2.50. The Labute approximate surface area is 87.5 Å². The summed E-state index contributed by atoms with van der Waals surface area (Å²) in [5, 5.41) is 9.70. The van der Waals surface area contributed by atoms with Crippen LogP contribution in [0.15, 0.2) is 59.4 Å². The van der Waals surface area contributed by atoms with Crippen LogP contribution in [0.3, 0.4) is 0 Å². The molecule has 0 amide bonds. The van der Waals surface area contributed by atoms with Gasteiger partial charge >= 0.3 is 0 Å². The number of rotatable bonds is 1. The lowest BCUT2D eigenvalue weighted by Crippen LogP contribution is -1.94. The third kappa shape index (κ3) is 1.89. The molecule has 0 spiro atoms. The molecule has 1 N–H and O–H groups in total. The Bertz CT molecular complexity index is 518. The van der Waals surface area contributed by atoms with Crippen molar-refractivity contribution >= 4 is 0 Å². The smallest absolute Gasteiger partial charge is 0.220 e. The Balaban J connectivity index is 2.71. The first-order chi connectivity index (χ1) is 7.29. The predicted octanol–water partition coefficient (Wildman–Crippen LogP) is 2.42. The van der Waals surface area contributed by atoms with Crippen molar-refractivity contribution in [1.29, 1.82) is 0 Å². The van der Waals surface area contributed by atoms with Gasteiger partial charge in [-0.3, -0.25) is 4.79 Å². The summed E-state index contributed by atoms with van der Waals surface area (Å²) in [5.41, 5.74) is 1.03. The van der Waals surface area contributed by atoms with Crippen molar-refractivity contribution < 1.29 is 5.11 Å². The van der Waals surface area contributed by atoms with Gasteiger partial charge in [-0.05, 0) is 11.6 Å². The molecule has 0 bridgehead atoms. The van der Waals surface area contributed by atoms with E-state index in [0.29, 0.717) is 5.56 Å². The molecular weight excluding hydrogens is 188 g/mol. The van der Waals surface area contributed by atoms with Crippen molar-refractivity contribution in [2.45, 2.75) is 0 Å². The molecule has 2 rings (SSSR count). The van der Waals surface area contributed by atoms with Crippen molar-refractivity contribution in [3.63, 3.8) is 0 Å². The summed E-state index contributed by atoms with van der Waals surface area (Å²) in [6, 6.07) is 15.8. The molecule has 0 unspecified atom stereocenters. The molecule has 0 fully saturated rings. The molecule has 2 aromatic carbocycles. The Hall–Kier alpha value is -2.09. The van der Waals surface area contributed by atoms with Gasteiger partial charge in [0.2, 0.25) is 5.43 Å². The molecule has 2 heteroatoms. The second-order valence-corrected chi connectivity index (χ2v) is 3.21. The molecule has 2 aromatic rings. The Morgan fingerprint density at radius 3 is 2.13 bits per heavy atom. The first-order valence-corrected chi connectivity index (χ1v) is 4.67. The molecule has 0 saturated heterocycles. The van der Waals surface area contributed by atoms with E-state index in [9.17, 15) is 9.90 Å². The van der Waals surface area contributed by atoms with Gasteiger partial charge in [0.25, 0.3) is 0 Å². The third-order valence-corrected chi connectivity index (χ3v) is 2.19. The lowest BCUT2D eigenvalue weighted by Gasteiger charge is -1.99. The summed E-state index contributed by atoms with van der Waals surface area (Å²) in [6.45, 7) is 0. The highest BCUT2D eigenvalue weighted by atomic mass is 16.3. The number of hydrogen-bond donors (Lipinski definition) is 1. The van der Waals surface area contributed by atoms with Crippen molar-refractivity contribution in [2.75, 3.05) is 0 Å². The zero-order valence-corrected chi connectivity index (χ0v) is 8.05. The highest BCUT2D eigenvalue weighted by molar-refractivity contribution is 5.69. The van der Waals surface area contributed by atoms with Crippen LogP contribution in [0.4, 0.5) is 0 Å². The van der Waals surface area contributed by atoms with Crippen LogP contribution >= 0.6 is 0 Å². The molecule has 0 aromatic heterocycles. The number of aromatic hydroxyl groups is 1. The van der Waals surface area contributed by atoms with Gasteiger partial charge in [0, 0.05) is 5.56 Å². The monoisotopic (exact) mass is 198 g/mol. The van der Waals surface area contributed by atoms with Crippen LogP contribution in [-0.2, 0) is 0 Å². The van der Waals surface area contributed by atoms with E-state index in [1.54, 1.807) is 18.2 Å². The third-order valence-electron chi connectivity index (χ3n) is 2.19. The standard InChI is InChI=1S/C13H10O2/c14-12-9-5-4-8-11(13(12)15)10-6-2-1-3-7-10/h1-9H,(H,14,15). The number of hydrogen-bond acceptors (Lipinski definition) is 2. The van der Waals surface area contributed by atoms with E-state index in [1.807, 2.05) is 30.3 Å². The predicted molar refractivity (Wildman–Crippen MR) is 59.8 cm³/mol. The molecular formula is C13H10O2. The van der Waals surface area contributed by atoms with E-state index in [-0.39, 0.29) is 11.2 Å². The zero-order valence-electron chi connectivity index (χ0n) is 8.05. The minimum absolute atomic E-state index is 0.203. The van der Waals surface area contributed by atoms with Crippen molar-refractivity contribution in [1.82, 2.24) is 0 Å². The van der Waals surface area contributed by atoms with Crippen LogP contribution in [0, 0.1) is 0 Å². The normalized spacial score (nSPS) is 9.87. The molecule has 74 valence electrons. The molecule has 2 nitrogen and oxygen atoms in total. The average molecular weight is 198 g/mol. The van der Waals surface area contributed by atoms with Gasteiger partial charge in [-0.25, -0.2) is 0 Å². The molecule has 0 aliphatic rings. The summed E-state index contributed by atoms with van der Waals surface area (Å²) >= 11 is 0. The fourth-order valence-corrected chi connectivity index (χ4v) is 1.44. The fraction of sp³-hybridized carbons (Fsp3) is 0. The van der Waals surface area contributed by atoms with Crippen LogP contribution < -0.4 is 5.43 Å². The van der Waals surface area contributed by atoms with Crippen LogP contribution in [0.5, 0.6) is 5.75 Å². The van der Waals surface area contributed by atoms with Crippen LogP contribution in [0.1, 0.15) is 0 Å². The van der Waals surface area contributed by atoms with Gasteiger partial charge < -0.3 is 5.11 Å². The van der Waals surface area contributed by atoms with E-state index in [4.69, 9.17) is 0 Å². The summed E-state index contributed by atoms with van der Waals surface area (Å²) in [7, 11) is 0. The van der Waals surface area contributed by atoms with Gasteiger partial charge in [0.05, 0.1) is 0 Å². The molecule has 0 atom stereocenters. The summed E-state index contributed by atoms with van der Waals surface area (Å²) in [6.07, 6.45) is 0. The fourth-order valence-electron chi connectivity index (χ4n) is 1.44. The second-order valence-electron chi connectivity index (χ2n) is 3.21. The quantitative estimate of drug-likeness (QED) is 0.764. The second kappa shape index (κ2) is 3.96. The van der Waals surface area contributed by atoms with E-state index in [0.717, 1.165) is 5.56 Å². The summed E-state index contributed by atoms with van der Waals surface area (Å²) in [4.78, 5) is 11.4. The molecule has 0 heterocycles. The highest BCUT2D eigenvalue weighted by Crippen LogP contribution is 2.24. The van der Waals surface area contributed by atoms with E-state index < -0.39 is 0 Å². The average Bonchev–Trinajstić information content (AvgIpc) is 2.44. The van der Waals surface area contributed by atoms with Crippen molar-refractivity contribution in [2.24, 2.45) is 0 Å². The summed E-state index contributed by atoms with van der Waals surface area (Å²) < 4.78 is 0. The zero-order chi connectivity index (χ0) is 10.7. The van der Waals surface area contributed by atoms with Crippen molar-refractivity contribution in [3.8, 4) is 16.9 Å². The van der Waals surface area contributed by atoms with Gasteiger partial charge in [0.15, 0.2) is 5.75 Å². The molecule has 0 aliphatic heterocycles. The van der Waals surface area contributed by atoms with Crippen LogP contribution in [0.2, 0.25) is 0 Å². The highest BCUT2D eigenvalue weighted by Gasteiger charge is 2.04. The maximum Gasteiger partial charge on any atom is 0.220 e. The van der Waals surface area contributed by atoms with Crippen LogP contribution in [-0.4, -0.2) is 5.11 Å². The minimum Gasteiger partial charge on any atom is -0.504 e. The lowest BCUT2D eigenvalue weighted by atomic mass is 10.1. The molecule has 0 aliphatic carbocycles. The molecule has 15 heavy (non-hydrogen) atoms. The Morgan fingerprint density at radius 2 is 1.40 bits per heavy atom. The van der Waals surface area contributed by atoms with Gasteiger partial charge in [-0.1, -0.05) is 48.5 Å². The maximum atomic E-state index is 11.4. The SMILES string of the molecule is O=c1ccccc(-c2ccccc2)c1O. The van der Waals surface area contributed by atoms with E-state index in [2.05, 4.69) is 0 Å². The lowest BCUT2D eigenvalue weighted by molar-refractivity contribution is 0.473. The Morgan fingerprint density at radius 1 is 0.800 bits per heavy atom. The molecule has 0 saturated carbocycles.